The minimum absolute atomic E-state index is 0.0919. The minimum Gasteiger partial charge on any atom is -0.461 e. The van der Waals surface area contributed by atoms with Crippen LogP contribution in [-0.2, 0) is 52.4 Å². The highest BCUT2D eigenvalue weighted by molar-refractivity contribution is 6.38. The molecular weight excluding hydrogens is 887 g/mol. The summed E-state index contributed by atoms with van der Waals surface area (Å²) in [4.78, 5) is 71.0. The van der Waals surface area contributed by atoms with Gasteiger partial charge < -0.3 is 48.6 Å². The van der Waals surface area contributed by atoms with Gasteiger partial charge in [-0.05, 0) is 107 Å². The van der Waals surface area contributed by atoms with Crippen LogP contribution >= 0.6 is 0 Å². The number of allylic oxidation sites excluding steroid dienone is 5. The molecule has 2 unspecified atom stereocenters. The van der Waals surface area contributed by atoms with Gasteiger partial charge >= 0.3 is 5.97 Å². The van der Waals surface area contributed by atoms with Gasteiger partial charge in [-0.2, -0.15) is 0 Å². The molecule has 0 radical (unpaired) electrons. The maximum atomic E-state index is 14.2. The third kappa shape index (κ3) is 17.1. The van der Waals surface area contributed by atoms with Crippen molar-refractivity contribution in [1.82, 2.24) is 4.90 Å². The summed E-state index contributed by atoms with van der Waals surface area (Å²) < 4.78 is 35.2. The molecule has 1 saturated carbocycles. The number of likely N-dealkylation sites (tertiary alicyclic amines) is 1. The smallest absolute Gasteiger partial charge is 0.311 e. The van der Waals surface area contributed by atoms with Gasteiger partial charge in [0.2, 0.25) is 5.79 Å². The number of amides is 1. The van der Waals surface area contributed by atoms with E-state index in [4.69, 9.17) is 28.4 Å². The lowest BCUT2D eigenvalue weighted by Gasteiger charge is -2.42. The molecule has 1 amide bonds. The van der Waals surface area contributed by atoms with E-state index in [1.165, 1.54) is 12.0 Å². The van der Waals surface area contributed by atoms with Gasteiger partial charge in [-0.25, -0.2) is 0 Å². The van der Waals surface area contributed by atoms with Crippen LogP contribution in [0.1, 0.15) is 126 Å². The number of carbonyl (C=O) groups is 5. The van der Waals surface area contributed by atoms with Crippen molar-refractivity contribution in [2.45, 2.75) is 175 Å². The number of esters is 1. The van der Waals surface area contributed by atoms with Crippen LogP contribution < -0.4 is 0 Å². The lowest BCUT2D eigenvalue weighted by atomic mass is 9.78. The molecule has 3 aliphatic rings. The lowest BCUT2D eigenvalue weighted by molar-refractivity contribution is -0.265. The van der Waals surface area contributed by atoms with E-state index in [9.17, 15) is 39.3 Å². The zero-order valence-corrected chi connectivity index (χ0v) is 43.6. The van der Waals surface area contributed by atoms with Gasteiger partial charge in [0.25, 0.3) is 11.7 Å². The molecular formula is C54H87NO14. The van der Waals surface area contributed by atoms with E-state index >= 15 is 0 Å². The molecule has 1 aliphatic carbocycles. The highest BCUT2D eigenvalue weighted by Gasteiger charge is 2.52. The van der Waals surface area contributed by atoms with Gasteiger partial charge in [0.15, 0.2) is 5.78 Å². The van der Waals surface area contributed by atoms with Crippen molar-refractivity contribution in [2.24, 2.45) is 41.4 Å². The number of nitrogens with zero attached hydrogens (tertiary/aromatic N) is 1. The number of Topliss-reactive ketones (excluding diaryl/α,β-unsaturated/α-hetero) is 3. The van der Waals surface area contributed by atoms with Crippen molar-refractivity contribution in [3.8, 4) is 0 Å². The predicted octanol–water partition coefficient (Wildman–Crippen LogP) is 6.69. The van der Waals surface area contributed by atoms with E-state index < -0.39 is 65.6 Å². The molecule has 392 valence electrons. The standard InChI is InChI=1S/C54H87NO14/c1-13-16-33(3)26-37(7)48(58)50(66-12)49(59)38(8)27-35(5)43(57)31-46(36(6)28-40-20-22-44(67-25-24-56)47(29-40)65-11)68-53(62)41-18-15-23-55(32-41)52(61)51(60)54(63)39(9)19-21-42(69-54)30-45(64-10)34(4)17-14-2/h13-14,16-17,27,33,35-37,39-42,44-47,49-50,56,59,63H,2,15,18-26,28-32H2,1,3-12H3/b16-13+,34-17+,38-27+/t33-,35-,36-,37-,39-,40?,41?,42+,44-,45+,46+,47-,49-,50+,54-/m1/s1. The Morgan fingerprint density at radius 3 is 2.28 bits per heavy atom. The molecule has 0 spiro atoms. The van der Waals surface area contributed by atoms with Crippen LogP contribution in [0.2, 0.25) is 0 Å². The lowest BCUT2D eigenvalue weighted by Crippen LogP contribution is -2.59. The average molecular weight is 974 g/mol. The molecule has 15 atom stereocenters. The van der Waals surface area contributed by atoms with Crippen LogP contribution in [0.25, 0.3) is 0 Å². The SMILES string of the molecule is C=C/C=C(\C)[C@H](C[C@@H]1CC[C@@H](C)[C@](O)(C(=O)C(=O)N2CCCC(C(=O)O[C@@H](CC(=O)[C@H](C)/C=C(\C)[C@@H](O)[C@@H](OC)C(=O)[C@H](C)C[C@H](C)/C=C/C)[C@H](C)CC3CC[C@@H](OCCO)[C@H](OC)C3)C2)O1)OC. The molecule has 15 heteroatoms. The van der Waals surface area contributed by atoms with Crippen molar-refractivity contribution >= 4 is 29.2 Å². The van der Waals surface area contributed by atoms with E-state index in [0.29, 0.717) is 63.4 Å². The maximum Gasteiger partial charge on any atom is 0.311 e. The number of aliphatic hydroxyl groups excluding tert-OH is 2. The number of rotatable bonds is 28. The van der Waals surface area contributed by atoms with Crippen LogP contribution in [-0.4, -0.2) is 146 Å². The third-order valence-electron chi connectivity index (χ3n) is 14.8. The highest BCUT2D eigenvalue weighted by atomic mass is 16.6. The normalized spacial score (nSPS) is 28.5. The van der Waals surface area contributed by atoms with Gasteiger partial charge in [-0.15, -0.1) is 0 Å². The Balaban J connectivity index is 1.81. The number of hydrogen-bond acceptors (Lipinski definition) is 14. The van der Waals surface area contributed by atoms with Crippen LogP contribution in [0.15, 0.2) is 48.1 Å². The molecule has 2 aliphatic heterocycles. The fourth-order valence-corrected chi connectivity index (χ4v) is 10.4. The second-order valence-corrected chi connectivity index (χ2v) is 20.2. The van der Waals surface area contributed by atoms with E-state index in [-0.39, 0.29) is 86.3 Å². The highest BCUT2D eigenvalue weighted by Crippen LogP contribution is 2.38. The number of aliphatic hydroxyl groups is 3. The maximum absolute atomic E-state index is 14.2. The molecule has 15 nitrogen and oxygen atoms in total. The second-order valence-electron chi connectivity index (χ2n) is 20.2. The summed E-state index contributed by atoms with van der Waals surface area (Å²) >= 11 is 0. The second kappa shape index (κ2) is 29.2. The molecule has 0 aromatic rings. The van der Waals surface area contributed by atoms with Gasteiger partial charge in [-0.3, -0.25) is 24.0 Å². The molecule has 69 heavy (non-hydrogen) atoms. The number of piperidine rings is 1. The Labute approximate surface area is 412 Å². The fraction of sp³-hybridized carbons (Fsp3) is 0.759. The zero-order valence-electron chi connectivity index (χ0n) is 43.6. The zero-order chi connectivity index (χ0) is 51.6. The molecule has 2 heterocycles. The molecule has 3 N–H and O–H groups in total. The summed E-state index contributed by atoms with van der Waals surface area (Å²) in [5, 5.41) is 32.4. The van der Waals surface area contributed by atoms with Gasteiger partial charge in [0.1, 0.15) is 24.1 Å². The average Bonchev–Trinajstić information content (AvgIpc) is 3.33. The first-order valence-electron chi connectivity index (χ1n) is 25.3. The first-order valence-corrected chi connectivity index (χ1v) is 25.3. The molecule has 0 aromatic carbocycles. The summed E-state index contributed by atoms with van der Waals surface area (Å²) in [5.74, 6) is -7.97. The Morgan fingerprint density at radius 2 is 1.65 bits per heavy atom. The third-order valence-corrected chi connectivity index (χ3v) is 14.8. The quantitative estimate of drug-likeness (QED) is 0.0324. The molecule has 2 saturated heterocycles. The molecule has 3 rings (SSSR count). The minimum atomic E-state index is -2.36. The number of hydrogen-bond donors (Lipinski definition) is 3. The van der Waals surface area contributed by atoms with Crippen LogP contribution in [0.5, 0.6) is 0 Å². The summed E-state index contributed by atoms with van der Waals surface area (Å²) in [6.45, 7) is 18.6. The number of ketones is 3. The Bertz CT molecular complexity index is 1780. The number of carbonyl (C=O) groups excluding carboxylic acids is 5. The predicted molar refractivity (Wildman–Crippen MR) is 263 cm³/mol. The topological polar surface area (TPSA) is 205 Å². The first kappa shape index (κ1) is 59.9. The summed E-state index contributed by atoms with van der Waals surface area (Å²) in [7, 11) is 4.59. The van der Waals surface area contributed by atoms with Crippen LogP contribution in [0.3, 0.4) is 0 Å². The van der Waals surface area contributed by atoms with E-state index in [2.05, 4.69) is 6.58 Å². The monoisotopic (exact) mass is 974 g/mol. The first-order chi connectivity index (χ1) is 32.7. The Morgan fingerprint density at radius 1 is 0.942 bits per heavy atom. The van der Waals surface area contributed by atoms with E-state index in [0.717, 1.165) is 12.0 Å². The molecule has 3 fully saturated rings. The van der Waals surface area contributed by atoms with Crippen LogP contribution in [0.4, 0.5) is 0 Å². The Kier molecular flexibility index (Phi) is 25.3. The fourth-order valence-electron chi connectivity index (χ4n) is 10.4. The van der Waals surface area contributed by atoms with Gasteiger partial charge in [0.05, 0.1) is 43.5 Å². The van der Waals surface area contributed by atoms with Gasteiger partial charge in [0, 0.05) is 65.0 Å². The van der Waals surface area contributed by atoms with Gasteiger partial charge in [-0.1, -0.05) is 71.6 Å². The summed E-state index contributed by atoms with van der Waals surface area (Å²) in [6.07, 6.45) is 9.96. The van der Waals surface area contributed by atoms with Crippen molar-refractivity contribution in [3.63, 3.8) is 0 Å². The molecule has 0 bridgehead atoms. The van der Waals surface area contributed by atoms with Crippen molar-refractivity contribution in [3.05, 3.63) is 48.1 Å². The summed E-state index contributed by atoms with van der Waals surface area (Å²) in [6, 6.07) is 0. The van der Waals surface area contributed by atoms with Crippen LogP contribution in [0, 0.1) is 41.4 Å². The van der Waals surface area contributed by atoms with E-state index in [1.807, 2.05) is 52.8 Å². The van der Waals surface area contributed by atoms with E-state index in [1.54, 1.807) is 47.1 Å². The number of methoxy groups -OCH3 is 3. The largest absolute Gasteiger partial charge is 0.461 e. The van der Waals surface area contributed by atoms with Crippen molar-refractivity contribution < 1.29 is 67.7 Å². The van der Waals surface area contributed by atoms with Crippen molar-refractivity contribution in [2.75, 3.05) is 47.6 Å². The summed E-state index contributed by atoms with van der Waals surface area (Å²) in [5.41, 5.74) is 1.31. The molecule has 0 aromatic heterocycles. The number of ether oxygens (including phenoxy) is 6. The van der Waals surface area contributed by atoms with Crippen molar-refractivity contribution in [1.29, 1.82) is 0 Å². The Hall–Kier alpha value is -3.41.